The molecule has 0 radical (unpaired) electrons. The van der Waals surface area contributed by atoms with Crippen molar-refractivity contribution in [2.45, 2.75) is 17.7 Å². The zero-order valence-electron chi connectivity index (χ0n) is 16.2. The second kappa shape index (κ2) is 9.51. The normalized spacial score (nSPS) is 11.0. The Hall–Kier alpha value is -2.55. The molecular weight excluding hydrogens is 438 g/mol. The molecule has 0 aliphatic rings. The maximum Gasteiger partial charge on any atom is 0.230 e. The molecule has 30 heavy (non-hydrogen) atoms. The van der Waals surface area contributed by atoms with Crippen molar-refractivity contribution in [3.63, 3.8) is 0 Å². The Morgan fingerprint density at radius 1 is 1.23 bits per heavy atom. The Labute approximate surface area is 187 Å². The summed E-state index contributed by atoms with van der Waals surface area (Å²) in [5, 5.41) is 17.0. The van der Waals surface area contributed by atoms with Gasteiger partial charge in [-0.1, -0.05) is 59.0 Å². The Balaban J connectivity index is 1.23. The zero-order chi connectivity index (χ0) is 20.9. The molecule has 6 nitrogen and oxygen atoms in total. The lowest BCUT2D eigenvalue weighted by atomic mass is 10.1. The predicted octanol–water partition coefficient (Wildman–Crippen LogP) is 5.18. The van der Waals surface area contributed by atoms with E-state index in [1.807, 2.05) is 49.5 Å². The molecule has 0 atom stereocenters. The second-order valence-corrected chi connectivity index (χ2v) is 9.32. The molecule has 0 fully saturated rings. The lowest BCUT2D eigenvalue weighted by Crippen LogP contribution is -2.27. The second-order valence-electron chi connectivity index (χ2n) is 6.71. The minimum absolute atomic E-state index is 0.0186. The van der Waals surface area contributed by atoms with E-state index in [1.54, 1.807) is 0 Å². The van der Waals surface area contributed by atoms with Crippen LogP contribution in [0.2, 0.25) is 5.02 Å². The summed E-state index contributed by atoms with van der Waals surface area (Å²) in [6, 6.07) is 13.9. The van der Waals surface area contributed by atoms with E-state index in [0.717, 1.165) is 27.5 Å². The van der Waals surface area contributed by atoms with Crippen LogP contribution in [0, 0.1) is 6.92 Å². The fourth-order valence-corrected chi connectivity index (χ4v) is 4.75. The number of fused-ring (bicyclic) bond motifs is 1. The third-order valence-electron chi connectivity index (χ3n) is 4.55. The summed E-state index contributed by atoms with van der Waals surface area (Å²) in [5.74, 6) is 0.286. The van der Waals surface area contributed by atoms with Gasteiger partial charge in [-0.15, -0.1) is 10.2 Å². The number of aromatic amines is 1. The summed E-state index contributed by atoms with van der Waals surface area (Å²) >= 11 is 8.93. The minimum atomic E-state index is -0.0186. The molecule has 154 valence electrons. The summed E-state index contributed by atoms with van der Waals surface area (Å²) in [6.45, 7) is 2.55. The topological polar surface area (TPSA) is 82.7 Å². The summed E-state index contributed by atoms with van der Waals surface area (Å²) < 4.78 is 0.738. The number of aromatic nitrogens is 3. The number of anilines is 2. The highest BCUT2D eigenvalue weighted by Gasteiger charge is 2.09. The number of amides is 1. The molecule has 0 aliphatic heterocycles. The molecule has 9 heteroatoms. The number of halogens is 1. The first-order valence-electron chi connectivity index (χ1n) is 9.39. The predicted molar refractivity (Wildman–Crippen MR) is 125 cm³/mol. The third-order valence-corrected chi connectivity index (χ3v) is 6.93. The van der Waals surface area contributed by atoms with Gasteiger partial charge < -0.3 is 15.6 Å². The van der Waals surface area contributed by atoms with Crippen LogP contribution in [-0.2, 0) is 11.2 Å². The largest absolute Gasteiger partial charge is 0.361 e. The van der Waals surface area contributed by atoms with Crippen LogP contribution in [-0.4, -0.2) is 33.4 Å². The van der Waals surface area contributed by atoms with Crippen LogP contribution in [0.25, 0.3) is 10.9 Å². The highest BCUT2D eigenvalue weighted by molar-refractivity contribution is 8.01. The average Bonchev–Trinajstić information content (AvgIpc) is 3.36. The van der Waals surface area contributed by atoms with Gasteiger partial charge in [0, 0.05) is 34.4 Å². The first-order chi connectivity index (χ1) is 14.6. The number of hydrogen-bond acceptors (Lipinski definition) is 6. The molecule has 0 bridgehead atoms. The summed E-state index contributed by atoms with van der Waals surface area (Å²) in [4.78, 5) is 15.4. The fourth-order valence-electron chi connectivity index (χ4n) is 2.97. The van der Waals surface area contributed by atoms with E-state index < -0.39 is 0 Å². The van der Waals surface area contributed by atoms with E-state index in [2.05, 4.69) is 31.9 Å². The Bertz CT molecular complexity index is 1170. The molecule has 3 N–H and O–H groups in total. The highest BCUT2D eigenvalue weighted by atomic mass is 35.5. The Morgan fingerprint density at radius 3 is 2.97 bits per heavy atom. The van der Waals surface area contributed by atoms with Crippen molar-refractivity contribution in [3.05, 3.63) is 64.8 Å². The molecule has 0 saturated carbocycles. The van der Waals surface area contributed by atoms with Gasteiger partial charge in [-0.05, 0) is 42.7 Å². The summed E-state index contributed by atoms with van der Waals surface area (Å²) in [6.07, 6.45) is 2.79. The SMILES string of the molecule is Cc1ccc(Nc2nnc(SCC(=O)NCCc3c[nH]c4ccccc34)s2)cc1Cl. The van der Waals surface area contributed by atoms with Crippen LogP contribution < -0.4 is 10.6 Å². The van der Waals surface area contributed by atoms with Gasteiger partial charge in [0.15, 0.2) is 4.34 Å². The van der Waals surface area contributed by atoms with E-state index >= 15 is 0 Å². The molecule has 0 aliphatic carbocycles. The van der Waals surface area contributed by atoms with E-state index in [-0.39, 0.29) is 5.91 Å². The molecule has 0 saturated heterocycles. The number of aryl methyl sites for hydroxylation is 1. The van der Waals surface area contributed by atoms with Crippen molar-refractivity contribution in [2.24, 2.45) is 0 Å². The number of carbonyl (C=O) groups excluding carboxylic acids is 1. The number of nitrogens with zero attached hydrogens (tertiary/aromatic N) is 2. The van der Waals surface area contributed by atoms with Crippen LogP contribution >= 0.6 is 34.7 Å². The molecule has 0 unspecified atom stereocenters. The zero-order valence-corrected chi connectivity index (χ0v) is 18.6. The van der Waals surface area contributed by atoms with Crippen LogP contribution in [0.3, 0.4) is 0 Å². The van der Waals surface area contributed by atoms with Crippen LogP contribution in [0.4, 0.5) is 10.8 Å². The van der Waals surface area contributed by atoms with Crippen molar-refractivity contribution < 1.29 is 4.79 Å². The minimum Gasteiger partial charge on any atom is -0.361 e. The molecule has 1 amide bonds. The van der Waals surface area contributed by atoms with E-state index in [0.29, 0.717) is 22.5 Å². The Kier molecular flexibility index (Phi) is 6.56. The number of nitrogens with one attached hydrogen (secondary N) is 3. The molecule has 4 aromatic rings. The smallest absolute Gasteiger partial charge is 0.230 e. The van der Waals surface area contributed by atoms with E-state index in [1.165, 1.54) is 34.0 Å². The maximum atomic E-state index is 12.2. The summed E-state index contributed by atoms with van der Waals surface area (Å²) in [5.41, 5.74) is 4.19. The lowest BCUT2D eigenvalue weighted by Gasteiger charge is -2.04. The Morgan fingerprint density at radius 2 is 2.10 bits per heavy atom. The fraction of sp³-hybridized carbons (Fsp3) is 0.190. The standard InChI is InChI=1S/C21H20ClN5OS2/c1-13-6-7-15(10-17(13)22)25-20-26-27-21(30-20)29-12-19(28)23-9-8-14-11-24-18-5-3-2-4-16(14)18/h2-7,10-11,24H,8-9,12H2,1H3,(H,23,28)(H,25,26). The number of H-pyrrole nitrogens is 1. The van der Waals surface area contributed by atoms with Gasteiger partial charge in [0.2, 0.25) is 11.0 Å². The van der Waals surface area contributed by atoms with E-state index in [4.69, 9.17) is 11.6 Å². The first kappa shape index (κ1) is 20.7. The highest BCUT2D eigenvalue weighted by Crippen LogP contribution is 2.29. The van der Waals surface area contributed by atoms with Crippen LogP contribution in [0.5, 0.6) is 0 Å². The molecule has 2 heterocycles. The van der Waals surface area contributed by atoms with Crippen molar-refractivity contribution in [1.29, 1.82) is 0 Å². The van der Waals surface area contributed by atoms with Crippen molar-refractivity contribution in [2.75, 3.05) is 17.6 Å². The monoisotopic (exact) mass is 457 g/mol. The van der Waals surface area contributed by atoms with Gasteiger partial charge >= 0.3 is 0 Å². The van der Waals surface area contributed by atoms with Crippen molar-refractivity contribution >= 4 is 62.3 Å². The van der Waals surface area contributed by atoms with Gasteiger partial charge in [-0.25, -0.2) is 0 Å². The van der Waals surface area contributed by atoms with Gasteiger partial charge in [-0.2, -0.15) is 0 Å². The summed E-state index contributed by atoms with van der Waals surface area (Å²) in [7, 11) is 0. The molecule has 2 aromatic carbocycles. The molecule has 0 spiro atoms. The molecule has 2 aromatic heterocycles. The first-order valence-corrected chi connectivity index (χ1v) is 11.6. The number of thioether (sulfide) groups is 1. The van der Waals surface area contributed by atoms with Crippen LogP contribution in [0.1, 0.15) is 11.1 Å². The average molecular weight is 458 g/mol. The number of carbonyl (C=O) groups is 1. The van der Waals surface area contributed by atoms with Crippen molar-refractivity contribution in [3.8, 4) is 0 Å². The molecule has 4 rings (SSSR count). The molecular formula is C21H20ClN5OS2. The van der Waals surface area contributed by atoms with Gasteiger partial charge in [-0.3, -0.25) is 4.79 Å². The van der Waals surface area contributed by atoms with Crippen molar-refractivity contribution in [1.82, 2.24) is 20.5 Å². The number of hydrogen-bond donors (Lipinski definition) is 3. The third kappa shape index (κ3) is 5.13. The van der Waals surface area contributed by atoms with Gasteiger partial charge in [0.1, 0.15) is 0 Å². The quantitative estimate of drug-likeness (QED) is 0.318. The van der Waals surface area contributed by atoms with Gasteiger partial charge in [0.25, 0.3) is 0 Å². The number of benzene rings is 2. The number of rotatable bonds is 8. The number of para-hydroxylation sites is 1. The maximum absolute atomic E-state index is 12.2. The lowest BCUT2D eigenvalue weighted by molar-refractivity contribution is -0.118. The van der Waals surface area contributed by atoms with Crippen LogP contribution in [0.15, 0.2) is 53.0 Å². The van der Waals surface area contributed by atoms with Gasteiger partial charge in [0.05, 0.1) is 5.75 Å². The van der Waals surface area contributed by atoms with E-state index in [9.17, 15) is 4.79 Å².